The molecule has 2 atom stereocenters. The van der Waals surface area contributed by atoms with Crippen LogP contribution in [0, 0.1) is 5.92 Å². The molecule has 0 spiro atoms. The Labute approximate surface area is 96.4 Å². The highest BCUT2D eigenvalue weighted by Gasteiger charge is 2.22. The molecule has 1 amide bonds. The van der Waals surface area contributed by atoms with E-state index in [0.717, 1.165) is 0 Å². The van der Waals surface area contributed by atoms with E-state index in [-0.39, 0.29) is 5.91 Å². The molecule has 0 heterocycles. The molecule has 0 aromatic heterocycles. The van der Waals surface area contributed by atoms with Crippen molar-refractivity contribution in [3.8, 4) is 0 Å². The SMILES string of the molecule is CCC[C@@H](NC(=O)[C@H](N)CC(C)C)C(=O)O. The largest absolute Gasteiger partial charge is 0.480 e. The fourth-order valence-electron chi connectivity index (χ4n) is 1.44. The first-order valence-electron chi connectivity index (χ1n) is 5.67. The molecular weight excluding hydrogens is 208 g/mol. The van der Waals surface area contributed by atoms with Crippen molar-refractivity contribution in [2.75, 3.05) is 0 Å². The van der Waals surface area contributed by atoms with Crippen LogP contribution in [0.4, 0.5) is 0 Å². The Morgan fingerprint density at radius 2 is 1.94 bits per heavy atom. The average Bonchev–Trinajstić information content (AvgIpc) is 2.15. The molecule has 0 unspecified atom stereocenters. The molecule has 94 valence electrons. The van der Waals surface area contributed by atoms with Crippen molar-refractivity contribution in [3.63, 3.8) is 0 Å². The van der Waals surface area contributed by atoms with Gasteiger partial charge < -0.3 is 16.2 Å². The van der Waals surface area contributed by atoms with E-state index in [4.69, 9.17) is 10.8 Å². The Hall–Kier alpha value is -1.10. The van der Waals surface area contributed by atoms with Crippen molar-refractivity contribution in [1.29, 1.82) is 0 Å². The maximum atomic E-state index is 11.6. The summed E-state index contributed by atoms with van der Waals surface area (Å²) in [6, 6.07) is -1.45. The molecular formula is C11H22N2O3. The van der Waals surface area contributed by atoms with Crippen molar-refractivity contribution < 1.29 is 14.7 Å². The molecule has 0 aromatic rings. The number of hydrogen-bond donors (Lipinski definition) is 3. The van der Waals surface area contributed by atoms with E-state index < -0.39 is 18.1 Å². The standard InChI is InChI=1S/C11H22N2O3/c1-4-5-9(11(15)16)13-10(14)8(12)6-7(2)3/h7-9H,4-6,12H2,1-3H3,(H,13,14)(H,15,16)/t8-,9-/m1/s1. The summed E-state index contributed by atoms with van der Waals surface area (Å²) in [5.41, 5.74) is 5.66. The number of rotatable bonds is 7. The van der Waals surface area contributed by atoms with E-state index in [1.807, 2.05) is 20.8 Å². The molecule has 4 N–H and O–H groups in total. The molecule has 0 aliphatic carbocycles. The van der Waals surface area contributed by atoms with Crippen LogP contribution < -0.4 is 11.1 Å². The van der Waals surface area contributed by atoms with E-state index in [1.165, 1.54) is 0 Å². The summed E-state index contributed by atoms with van der Waals surface area (Å²) in [6.07, 6.45) is 1.69. The van der Waals surface area contributed by atoms with E-state index in [2.05, 4.69) is 5.32 Å². The Kier molecular flexibility index (Phi) is 6.72. The van der Waals surface area contributed by atoms with Gasteiger partial charge in [-0.2, -0.15) is 0 Å². The zero-order valence-electron chi connectivity index (χ0n) is 10.2. The average molecular weight is 230 g/mol. The first-order chi connectivity index (χ1) is 7.38. The molecule has 0 aliphatic heterocycles. The molecule has 16 heavy (non-hydrogen) atoms. The van der Waals surface area contributed by atoms with Gasteiger partial charge in [-0.25, -0.2) is 4.79 Å². The van der Waals surface area contributed by atoms with Gasteiger partial charge in [0.15, 0.2) is 0 Å². The Morgan fingerprint density at radius 3 is 2.31 bits per heavy atom. The molecule has 0 rings (SSSR count). The number of carboxylic acids is 1. The van der Waals surface area contributed by atoms with Crippen molar-refractivity contribution >= 4 is 11.9 Å². The number of aliphatic carboxylic acids is 1. The third-order valence-corrected chi connectivity index (χ3v) is 2.25. The highest BCUT2D eigenvalue weighted by atomic mass is 16.4. The van der Waals surface area contributed by atoms with Crippen molar-refractivity contribution in [3.05, 3.63) is 0 Å². The maximum Gasteiger partial charge on any atom is 0.326 e. The van der Waals surface area contributed by atoms with E-state index in [9.17, 15) is 9.59 Å². The highest BCUT2D eigenvalue weighted by molar-refractivity contribution is 5.86. The van der Waals surface area contributed by atoms with Crippen LogP contribution in [0.5, 0.6) is 0 Å². The summed E-state index contributed by atoms with van der Waals surface area (Å²) in [4.78, 5) is 22.4. The van der Waals surface area contributed by atoms with Crippen LogP contribution in [-0.2, 0) is 9.59 Å². The highest BCUT2D eigenvalue weighted by Crippen LogP contribution is 2.04. The fourth-order valence-corrected chi connectivity index (χ4v) is 1.44. The third-order valence-electron chi connectivity index (χ3n) is 2.25. The van der Waals surface area contributed by atoms with Gasteiger partial charge in [0.2, 0.25) is 5.91 Å². The van der Waals surface area contributed by atoms with Crippen LogP contribution in [0.25, 0.3) is 0 Å². The van der Waals surface area contributed by atoms with Crippen LogP contribution >= 0.6 is 0 Å². The first-order valence-corrected chi connectivity index (χ1v) is 5.67. The van der Waals surface area contributed by atoms with Crippen LogP contribution in [0.1, 0.15) is 40.0 Å². The number of amides is 1. The number of nitrogens with one attached hydrogen (secondary N) is 1. The van der Waals surface area contributed by atoms with Crippen molar-refractivity contribution in [2.24, 2.45) is 11.7 Å². The summed E-state index contributed by atoms with van der Waals surface area (Å²) in [6.45, 7) is 5.80. The first kappa shape index (κ1) is 14.9. The van der Waals surface area contributed by atoms with Gasteiger partial charge in [-0.1, -0.05) is 27.2 Å². The second kappa shape index (κ2) is 7.22. The minimum Gasteiger partial charge on any atom is -0.480 e. The smallest absolute Gasteiger partial charge is 0.326 e. The summed E-state index contributed by atoms with van der Waals surface area (Å²) >= 11 is 0. The quantitative estimate of drug-likeness (QED) is 0.601. The summed E-state index contributed by atoms with van der Waals surface area (Å²) < 4.78 is 0. The van der Waals surface area contributed by atoms with Crippen LogP contribution in [0.15, 0.2) is 0 Å². The molecule has 0 fully saturated rings. The van der Waals surface area contributed by atoms with Crippen molar-refractivity contribution in [2.45, 2.75) is 52.1 Å². The van der Waals surface area contributed by atoms with Gasteiger partial charge in [0, 0.05) is 0 Å². The maximum absolute atomic E-state index is 11.6. The van der Waals surface area contributed by atoms with E-state index in [1.54, 1.807) is 0 Å². The fraction of sp³-hybridized carbons (Fsp3) is 0.818. The molecule has 0 bridgehead atoms. The number of nitrogens with two attached hydrogens (primary N) is 1. The van der Waals surface area contributed by atoms with Crippen LogP contribution in [0.2, 0.25) is 0 Å². The number of hydrogen-bond acceptors (Lipinski definition) is 3. The summed E-state index contributed by atoms with van der Waals surface area (Å²) in [5, 5.41) is 11.3. The van der Waals surface area contributed by atoms with Gasteiger partial charge in [0.05, 0.1) is 6.04 Å². The molecule has 0 aromatic carbocycles. The topological polar surface area (TPSA) is 92.4 Å². The van der Waals surface area contributed by atoms with Crippen molar-refractivity contribution in [1.82, 2.24) is 5.32 Å². The Morgan fingerprint density at radius 1 is 1.38 bits per heavy atom. The second-order valence-corrected chi connectivity index (χ2v) is 4.42. The lowest BCUT2D eigenvalue weighted by molar-refractivity contribution is -0.142. The van der Waals surface area contributed by atoms with Crippen LogP contribution in [0.3, 0.4) is 0 Å². The van der Waals surface area contributed by atoms with Gasteiger partial charge in [0.25, 0.3) is 0 Å². The summed E-state index contributed by atoms with van der Waals surface area (Å²) in [5.74, 6) is -1.07. The molecule has 5 heteroatoms. The number of carbonyl (C=O) groups excluding carboxylic acids is 1. The second-order valence-electron chi connectivity index (χ2n) is 4.42. The third kappa shape index (κ3) is 5.70. The molecule has 0 saturated heterocycles. The van der Waals surface area contributed by atoms with Gasteiger partial charge in [0.1, 0.15) is 6.04 Å². The Balaban J connectivity index is 4.23. The molecule has 0 aliphatic rings. The molecule has 0 radical (unpaired) electrons. The van der Waals surface area contributed by atoms with E-state index in [0.29, 0.717) is 25.2 Å². The Bertz CT molecular complexity index is 241. The number of carboxylic acid groups (broad SMARTS) is 1. The molecule has 5 nitrogen and oxygen atoms in total. The normalized spacial score (nSPS) is 14.6. The zero-order valence-corrected chi connectivity index (χ0v) is 10.2. The lowest BCUT2D eigenvalue weighted by Crippen LogP contribution is -2.48. The van der Waals surface area contributed by atoms with Gasteiger partial charge in [-0.05, 0) is 18.8 Å². The minimum atomic E-state index is -1.01. The van der Waals surface area contributed by atoms with Gasteiger partial charge in [-0.15, -0.1) is 0 Å². The lowest BCUT2D eigenvalue weighted by Gasteiger charge is -2.18. The lowest BCUT2D eigenvalue weighted by atomic mass is 10.0. The molecule has 0 saturated carbocycles. The van der Waals surface area contributed by atoms with Gasteiger partial charge >= 0.3 is 5.97 Å². The summed E-state index contributed by atoms with van der Waals surface area (Å²) in [7, 11) is 0. The minimum absolute atomic E-state index is 0.315. The van der Waals surface area contributed by atoms with E-state index >= 15 is 0 Å². The van der Waals surface area contributed by atoms with Crippen LogP contribution in [-0.4, -0.2) is 29.1 Å². The predicted octanol–water partition coefficient (Wildman–Crippen LogP) is 0.729. The predicted molar refractivity (Wildman–Crippen MR) is 61.9 cm³/mol. The monoisotopic (exact) mass is 230 g/mol. The van der Waals surface area contributed by atoms with Gasteiger partial charge in [-0.3, -0.25) is 4.79 Å². The number of carbonyl (C=O) groups is 2. The zero-order chi connectivity index (χ0) is 12.7.